The van der Waals surface area contributed by atoms with Gasteiger partial charge in [0.05, 0.1) is 11.1 Å². The second kappa shape index (κ2) is 7.65. The van der Waals surface area contributed by atoms with Crippen LogP contribution in [0.2, 0.25) is 0 Å². The molecule has 25 heavy (non-hydrogen) atoms. The second-order valence-electron chi connectivity index (χ2n) is 5.82. The largest absolute Gasteiger partial charge is 0.416 e. The number of carbonyl (C=O) groups is 1. The van der Waals surface area contributed by atoms with Crippen molar-refractivity contribution in [2.24, 2.45) is 11.7 Å². The number of amides is 1. The number of nitrogens with two attached hydrogens (primary N) is 1. The summed E-state index contributed by atoms with van der Waals surface area (Å²) in [5.41, 5.74) is 5.04. The Kier molecular flexibility index (Phi) is 5.79. The van der Waals surface area contributed by atoms with E-state index in [-0.39, 0.29) is 29.2 Å². The lowest BCUT2D eigenvalue weighted by atomic mass is 9.97. The Labute approximate surface area is 142 Å². The number of carbonyl (C=O) groups excluding carboxylic acids is 1. The molecule has 2 aromatic carbocycles. The van der Waals surface area contributed by atoms with Crippen LogP contribution in [0.15, 0.2) is 42.5 Å². The summed E-state index contributed by atoms with van der Waals surface area (Å²) < 4.78 is 52.3. The van der Waals surface area contributed by atoms with Crippen LogP contribution in [0.3, 0.4) is 0 Å². The molecule has 0 heterocycles. The van der Waals surface area contributed by atoms with Crippen LogP contribution < -0.4 is 11.1 Å². The normalized spacial score (nSPS) is 12.7. The van der Waals surface area contributed by atoms with Crippen LogP contribution in [0.5, 0.6) is 0 Å². The average Bonchev–Trinajstić information content (AvgIpc) is 2.58. The van der Waals surface area contributed by atoms with Crippen LogP contribution in [-0.4, -0.2) is 19.0 Å². The molecule has 3 nitrogen and oxygen atoms in total. The lowest BCUT2D eigenvalue weighted by molar-refractivity contribution is -0.137. The first-order chi connectivity index (χ1) is 11.7. The van der Waals surface area contributed by atoms with E-state index in [0.717, 1.165) is 24.3 Å². The Morgan fingerprint density at radius 1 is 1.20 bits per heavy atom. The summed E-state index contributed by atoms with van der Waals surface area (Å²) >= 11 is 0. The van der Waals surface area contributed by atoms with Gasteiger partial charge >= 0.3 is 6.18 Å². The van der Waals surface area contributed by atoms with Gasteiger partial charge in [0.25, 0.3) is 5.91 Å². The summed E-state index contributed by atoms with van der Waals surface area (Å²) in [7, 11) is 0. The maximum atomic E-state index is 13.6. The van der Waals surface area contributed by atoms with Crippen molar-refractivity contribution in [1.82, 2.24) is 5.32 Å². The Bertz CT molecular complexity index is 759. The van der Waals surface area contributed by atoms with E-state index >= 15 is 0 Å². The minimum Gasteiger partial charge on any atom is -0.352 e. The minimum atomic E-state index is -4.50. The third-order valence-electron chi connectivity index (χ3n) is 3.74. The van der Waals surface area contributed by atoms with Gasteiger partial charge in [-0.2, -0.15) is 13.2 Å². The first-order valence-corrected chi connectivity index (χ1v) is 7.68. The van der Waals surface area contributed by atoms with Gasteiger partial charge < -0.3 is 11.1 Å². The van der Waals surface area contributed by atoms with Crippen LogP contribution in [0.4, 0.5) is 17.6 Å². The van der Waals surface area contributed by atoms with Crippen molar-refractivity contribution < 1.29 is 22.4 Å². The summed E-state index contributed by atoms with van der Waals surface area (Å²) in [5, 5.41) is 2.62. The number of halogens is 4. The van der Waals surface area contributed by atoms with Gasteiger partial charge in [-0.3, -0.25) is 4.79 Å². The quantitative estimate of drug-likeness (QED) is 0.802. The molecule has 0 aliphatic carbocycles. The molecular formula is C18H18F4N2O. The van der Waals surface area contributed by atoms with Crippen molar-refractivity contribution in [3.8, 4) is 11.1 Å². The van der Waals surface area contributed by atoms with Crippen molar-refractivity contribution in [1.29, 1.82) is 0 Å². The first kappa shape index (κ1) is 18.9. The van der Waals surface area contributed by atoms with Crippen molar-refractivity contribution >= 4 is 5.91 Å². The number of nitrogens with one attached hydrogen (secondary N) is 1. The van der Waals surface area contributed by atoms with Gasteiger partial charge in [0, 0.05) is 6.54 Å². The molecular weight excluding hydrogens is 336 g/mol. The van der Waals surface area contributed by atoms with Crippen molar-refractivity contribution in [2.75, 3.05) is 13.1 Å². The molecule has 7 heteroatoms. The molecule has 0 fully saturated rings. The summed E-state index contributed by atoms with van der Waals surface area (Å²) in [6.07, 6.45) is -4.50. The Morgan fingerprint density at radius 2 is 1.92 bits per heavy atom. The molecule has 1 unspecified atom stereocenters. The molecule has 0 aliphatic rings. The van der Waals surface area contributed by atoms with Gasteiger partial charge in [0.1, 0.15) is 5.82 Å². The maximum Gasteiger partial charge on any atom is 0.416 e. The third-order valence-corrected chi connectivity index (χ3v) is 3.74. The molecule has 0 aromatic heterocycles. The van der Waals surface area contributed by atoms with E-state index in [2.05, 4.69) is 5.32 Å². The number of hydrogen-bond donors (Lipinski definition) is 2. The second-order valence-corrected chi connectivity index (χ2v) is 5.82. The van der Waals surface area contributed by atoms with Crippen LogP contribution in [0, 0.1) is 11.7 Å². The Morgan fingerprint density at radius 3 is 2.56 bits per heavy atom. The SMILES string of the molecule is CC(CN)CNC(=O)c1cc(F)ccc1-c1cccc(C(F)(F)F)c1. The summed E-state index contributed by atoms with van der Waals surface area (Å²) in [5.74, 6) is -1.19. The molecule has 0 saturated carbocycles. The molecule has 0 saturated heterocycles. The summed E-state index contributed by atoms with van der Waals surface area (Å²) in [4.78, 5) is 12.4. The number of hydrogen-bond acceptors (Lipinski definition) is 2. The molecule has 0 bridgehead atoms. The smallest absolute Gasteiger partial charge is 0.352 e. The van der Waals surface area contributed by atoms with E-state index in [1.165, 1.54) is 18.2 Å². The van der Waals surface area contributed by atoms with Crippen LogP contribution >= 0.6 is 0 Å². The zero-order chi connectivity index (χ0) is 18.6. The molecule has 134 valence electrons. The van der Waals surface area contributed by atoms with Gasteiger partial charge in [-0.1, -0.05) is 25.1 Å². The standard InChI is InChI=1S/C18H18F4N2O/c1-11(9-23)10-24-17(25)16-8-14(19)5-6-15(16)12-3-2-4-13(7-12)18(20,21)22/h2-8,11H,9-10,23H2,1H3,(H,24,25). The highest BCUT2D eigenvalue weighted by atomic mass is 19.4. The van der Waals surface area contributed by atoms with Gasteiger partial charge in [0.15, 0.2) is 0 Å². The lowest BCUT2D eigenvalue weighted by Crippen LogP contribution is -2.31. The summed E-state index contributed by atoms with van der Waals surface area (Å²) in [6.45, 7) is 2.48. The fourth-order valence-electron chi connectivity index (χ4n) is 2.26. The molecule has 0 spiro atoms. The molecule has 1 amide bonds. The van der Waals surface area contributed by atoms with Crippen molar-refractivity contribution in [2.45, 2.75) is 13.1 Å². The zero-order valence-electron chi connectivity index (χ0n) is 13.5. The molecule has 0 radical (unpaired) electrons. The number of benzene rings is 2. The molecule has 1 atom stereocenters. The van der Waals surface area contributed by atoms with E-state index in [1.54, 1.807) is 0 Å². The van der Waals surface area contributed by atoms with Crippen molar-refractivity contribution in [3.63, 3.8) is 0 Å². The van der Waals surface area contributed by atoms with Gasteiger partial charge in [0.2, 0.25) is 0 Å². The average molecular weight is 354 g/mol. The van der Waals surface area contributed by atoms with Crippen molar-refractivity contribution in [3.05, 3.63) is 59.4 Å². The summed E-state index contributed by atoms with van der Waals surface area (Å²) in [6, 6.07) is 7.99. The molecule has 0 aliphatic heterocycles. The lowest BCUT2D eigenvalue weighted by Gasteiger charge is -2.14. The number of rotatable bonds is 5. The van der Waals surface area contributed by atoms with E-state index in [4.69, 9.17) is 5.73 Å². The topological polar surface area (TPSA) is 55.1 Å². The highest BCUT2D eigenvalue weighted by Crippen LogP contribution is 2.33. The minimum absolute atomic E-state index is 0.0227. The monoisotopic (exact) mass is 354 g/mol. The molecule has 3 N–H and O–H groups in total. The predicted octanol–water partition coefficient (Wildman–Crippen LogP) is 3.84. The van der Waals surface area contributed by atoms with Gasteiger partial charge in [-0.15, -0.1) is 0 Å². The molecule has 2 rings (SSSR count). The fourth-order valence-corrected chi connectivity index (χ4v) is 2.26. The predicted molar refractivity (Wildman–Crippen MR) is 87.4 cm³/mol. The van der Waals surface area contributed by atoms with Gasteiger partial charge in [-0.25, -0.2) is 4.39 Å². The Balaban J connectivity index is 2.41. The van der Waals surface area contributed by atoms with E-state index in [1.807, 2.05) is 6.92 Å². The fraction of sp³-hybridized carbons (Fsp3) is 0.278. The van der Waals surface area contributed by atoms with E-state index in [0.29, 0.717) is 6.54 Å². The van der Waals surface area contributed by atoms with Gasteiger partial charge in [-0.05, 0) is 47.9 Å². The highest BCUT2D eigenvalue weighted by Gasteiger charge is 2.30. The third kappa shape index (κ3) is 4.79. The van der Waals surface area contributed by atoms with Crippen LogP contribution in [0.1, 0.15) is 22.8 Å². The van der Waals surface area contributed by atoms with E-state index in [9.17, 15) is 22.4 Å². The maximum absolute atomic E-state index is 13.6. The highest BCUT2D eigenvalue weighted by molar-refractivity contribution is 6.01. The van der Waals surface area contributed by atoms with E-state index < -0.39 is 23.5 Å². The number of alkyl halides is 3. The van der Waals surface area contributed by atoms with Crippen LogP contribution in [-0.2, 0) is 6.18 Å². The first-order valence-electron chi connectivity index (χ1n) is 7.68. The zero-order valence-corrected chi connectivity index (χ0v) is 13.5. The Hall–Kier alpha value is -2.41. The molecule has 2 aromatic rings. The van der Waals surface area contributed by atoms with Crippen LogP contribution in [0.25, 0.3) is 11.1 Å².